The quantitative estimate of drug-likeness (QED) is 0.624. The van der Waals surface area contributed by atoms with Crippen molar-refractivity contribution in [3.63, 3.8) is 0 Å². The van der Waals surface area contributed by atoms with Crippen LogP contribution in [0.2, 0.25) is 0 Å². The van der Waals surface area contributed by atoms with Gasteiger partial charge in [-0.1, -0.05) is 12.6 Å². The number of rotatable bonds is 4. The number of thioether (sulfide) groups is 1. The second-order valence-corrected chi connectivity index (χ2v) is 4.50. The van der Waals surface area contributed by atoms with Crippen LogP contribution >= 0.6 is 24.4 Å². The summed E-state index contributed by atoms with van der Waals surface area (Å²) in [6, 6.07) is 0. The van der Waals surface area contributed by atoms with Crippen molar-refractivity contribution in [3.8, 4) is 0 Å². The van der Waals surface area contributed by atoms with Gasteiger partial charge in [-0.3, -0.25) is 0 Å². The first-order valence-electron chi connectivity index (χ1n) is 4.31. The molecule has 11 heavy (non-hydrogen) atoms. The topological polar surface area (TPSA) is 3.24 Å². The van der Waals surface area contributed by atoms with E-state index in [0.29, 0.717) is 0 Å². The van der Waals surface area contributed by atoms with E-state index in [1.807, 2.05) is 0 Å². The molecule has 1 aliphatic rings. The Bertz CT molecular complexity index is 92.1. The van der Waals surface area contributed by atoms with Gasteiger partial charge >= 0.3 is 0 Å². The summed E-state index contributed by atoms with van der Waals surface area (Å²) in [7, 11) is 0. The Balaban J connectivity index is 1.96. The summed E-state index contributed by atoms with van der Waals surface area (Å²) >= 11 is 6.97. The van der Waals surface area contributed by atoms with Crippen LogP contribution in [-0.2, 0) is 0 Å². The number of unbranched alkanes of at least 4 members (excludes halogenated alkanes) is 1. The molecule has 0 aromatic heterocycles. The first-order valence-corrected chi connectivity index (χ1v) is 6.05. The van der Waals surface area contributed by atoms with E-state index < -0.39 is 0 Å². The van der Waals surface area contributed by atoms with Crippen LogP contribution in [0.1, 0.15) is 12.8 Å². The number of hydrogen-bond donors (Lipinski definition) is 0. The fraction of sp³-hybridized carbons (Fsp3) is 1.00. The van der Waals surface area contributed by atoms with E-state index in [1.165, 1.54) is 44.0 Å². The molecule has 1 nitrogen and oxygen atoms in total. The Kier molecular flexibility index (Phi) is 5.50. The van der Waals surface area contributed by atoms with Crippen LogP contribution in [0.4, 0.5) is 0 Å². The molecule has 3 heteroatoms. The van der Waals surface area contributed by atoms with E-state index in [4.69, 9.17) is 12.6 Å². The van der Waals surface area contributed by atoms with Gasteiger partial charge in [0.25, 0.3) is 0 Å². The SMILES string of the molecule is [S]CCCCN1CCSCC1. The van der Waals surface area contributed by atoms with Gasteiger partial charge in [-0.15, -0.1) is 0 Å². The zero-order valence-corrected chi connectivity index (χ0v) is 8.55. The van der Waals surface area contributed by atoms with E-state index in [1.54, 1.807) is 0 Å². The van der Waals surface area contributed by atoms with Gasteiger partial charge in [0.1, 0.15) is 0 Å². The molecule has 0 atom stereocenters. The molecule has 1 fully saturated rings. The molecule has 1 radical (unpaired) electrons. The summed E-state index contributed by atoms with van der Waals surface area (Å²) in [5, 5.41) is 0. The standard InChI is InChI=1S/C8H16NS2/c10-6-2-1-3-9-4-7-11-8-5-9/h1-8H2. The molecule has 1 heterocycles. The van der Waals surface area contributed by atoms with Gasteiger partial charge in [0.2, 0.25) is 0 Å². The predicted molar refractivity (Wildman–Crippen MR) is 55.5 cm³/mol. The molecule has 0 amide bonds. The third-order valence-electron chi connectivity index (χ3n) is 1.97. The van der Waals surface area contributed by atoms with Gasteiger partial charge in [0.15, 0.2) is 0 Å². The smallest absolute Gasteiger partial charge is 0.00727 e. The van der Waals surface area contributed by atoms with Crippen LogP contribution < -0.4 is 0 Å². The van der Waals surface area contributed by atoms with Crippen molar-refractivity contribution in [2.24, 2.45) is 0 Å². The maximum Gasteiger partial charge on any atom is 0.00727 e. The Morgan fingerprint density at radius 3 is 2.55 bits per heavy atom. The van der Waals surface area contributed by atoms with Gasteiger partial charge in [-0.2, -0.15) is 11.8 Å². The lowest BCUT2D eigenvalue weighted by atomic mass is 10.3. The average molecular weight is 190 g/mol. The highest BCUT2D eigenvalue weighted by atomic mass is 32.2. The van der Waals surface area contributed by atoms with E-state index in [9.17, 15) is 0 Å². The molecule has 0 aliphatic carbocycles. The molecular formula is C8H16NS2. The second-order valence-electron chi connectivity index (χ2n) is 2.87. The van der Waals surface area contributed by atoms with E-state index in [2.05, 4.69) is 16.7 Å². The van der Waals surface area contributed by atoms with Crippen LogP contribution in [0.25, 0.3) is 0 Å². The Morgan fingerprint density at radius 1 is 1.18 bits per heavy atom. The summed E-state index contributed by atoms with van der Waals surface area (Å²) in [4.78, 5) is 2.56. The van der Waals surface area contributed by atoms with Crippen molar-refractivity contribution in [3.05, 3.63) is 0 Å². The van der Waals surface area contributed by atoms with Crippen LogP contribution in [0.15, 0.2) is 0 Å². The zero-order valence-electron chi connectivity index (χ0n) is 6.92. The molecule has 65 valence electrons. The number of nitrogens with zero attached hydrogens (tertiary/aromatic N) is 1. The molecule has 1 rings (SSSR count). The highest BCUT2D eigenvalue weighted by Crippen LogP contribution is 2.09. The van der Waals surface area contributed by atoms with Crippen LogP contribution in [-0.4, -0.2) is 41.8 Å². The normalized spacial score (nSPS) is 20.5. The second kappa shape index (κ2) is 6.21. The Morgan fingerprint density at radius 2 is 1.91 bits per heavy atom. The van der Waals surface area contributed by atoms with Crippen LogP contribution in [0.5, 0.6) is 0 Å². The van der Waals surface area contributed by atoms with Gasteiger partial charge < -0.3 is 4.90 Å². The largest absolute Gasteiger partial charge is 0.302 e. The highest BCUT2D eigenvalue weighted by Gasteiger charge is 2.08. The minimum atomic E-state index is 0.933. The lowest BCUT2D eigenvalue weighted by Gasteiger charge is -2.25. The third kappa shape index (κ3) is 4.28. The Hall–Kier alpha value is 0.660. The summed E-state index contributed by atoms with van der Waals surface area (Å²) < 4.78 is 0. The highest BCUT2D eigenvalue weighted by molar-refractivity contribution is 7.99. The zero-order chi connectivity index (χ0) is 7.94. The molecular weight excluding hydrogens is 174 g/mol. The first kappa shape index (κ1) is 9.75. The lowest BCUT2D eigenvalue weighted by Crippen LogP contribution is -2.33. The van der Waals surface area contributed by atoms with E-state index in [0.717, 1.165) is 5.75 Å². The van der Waals surface area contributed by atoms with Crippen molar-refractivity contribution in [1.82, 2.24) is 4.90 Å². The summed E-state index contributed by atoms with van der Waals surface area (Å²) in [5.41, 5.74) is 0. The van der Waals surface area contributed by atoms with E-state index in [-0.39, 0.29) is 0 Å². The third-order valence-corrected chi connectivity index (χ3v) is 3.20. The Labute approximate surface area is 79.3 Å². The number of hydrogen-bond acceptors (Lipinski definition) is 2. The summed E-state index contributed by atoms with van der Waals surface area (Å²) in [6.07, 6.45) is 2.52. The fourth-order valence-electron chi connectivity index (χ4n) is 1.26. The molecule has 0 bridgehead atoms. The molecule has 0 saturated carbocycles. The molecule has 1 aliphatic heterocycles. The van der Waals surface area contributed by atoms with Gasteiger partial charge in [0.05, 0.1) is 0 Å². The van der Waals surface area contributed by atoms with Crippen molar-refractivity contribution in [2.75, 3.05) is 36.9 Å². The van der Waals surface area contributed by atoms with Crippen LogP contribution in [0.3, 0.4) is 0 Å². The maximum absolute atomic E-state index is 4.90. The first-order chi connectivity index (χ1) is 5.43. The minimum absolute atomic E-state index is 0.933. The van der Waals surface area contributed by atoms with Crippen molar-refractivity contribution in [1.29, 1.82) is 0 Å². The molecule has 0 spiro atoms. The van der Waals surface area contributed by atoms with Gasteiger partial charge in [0, 0.05) is 30.3 Å². The molecule has 1 saturated heterocycles. The average Bonchev–Trinajstić information content (AvgIpc) is 2.07. The van der Waals surface area contributed by atoms with Gasteiger partial charge in [-0.05, 0) is 19.4 Å². The van der Waals surface area contributed by atoms with Crippen molar-refractivity contribution >= 4 is 24.4 Å². The molecule has 0 aromatic carbocycles. The fourth-order valence-corrected chi connectivity index (χ4v) is 2.45. The predicted octanol–water partition coefficient (Wildman–Crippen LogP) is 2.01. The molecule has 0 N–H and O–H groups in total. The summed E-state index contributed by atoms with van der Waals surface area (Å²) in [6.45, 7) is 3.86. The molecule has 0 aromatic rings. The lowest BCUT2D eigenvalue weighted by molar-refractivity contribution is 0.298. The summed E-state index contributed by atoms with van der Waals surface area (Å²) in [5.74, 6) is 3.59. The van der Waals surface area contributed by atoms with Crippen molar-refractivity contribution < 1.29 is 0 Å². The van der Waals surface area contributed by atoms with Crippen molar-refractivity contribution in [2.45, 2.75) is 12.8 Å². The van der Waals surface area contributed by atoms with Gasteiger partial charge in [-0.25, -0.2) is 0 Å². The maximum atomic E-state index is 4.90. The molecule has 0 unspecified atom stereocenters. The minimum Gasteiger partial charge on any atom is -0.302 e. The monoisotopic (exact) mass is 190 g/mol. The van der Waals surface area contributed by atoms with E-state index >= 15 is 0 Å². The van der Waals surface area contributed by atoms with Crippen LogP contribution in [0, 0.1) is 0 Å².